The molecule has 0 amide bonds. The number of benzene rings is 2. The summed E-state index contributed by atoms with van der Waals surface area (Å²) in [7, 11) is 3.42. The van der Waals surface area contributed by atoms with E-state index in [1.165, 1.54) is 12.8 Å². The van der Waals surface area contributed by atoms with Crippen LogP contribution in [0.25, 0.3) is 11.5 Å². The van der Waals surface area contributed by atoms with Crippen LogP contribution in [-0.2, 0) is 13.1 Å². The quantitative estimate of drug-likeness (QED) is 0.400. The van der Waals surface area contributed by atoms with Crippen LogP contribution in [0.3, 0.4) is 0 Å². The summed E-state index contributed by atoms with van der Waals surface area (Å²) in [5.41, 5.74) is 2.86. The second-order valence-corrected chi connectivity index (χ2v) is 7.80. The maximum atomic E-state index is 6.20. The molecule has 1 saturated carbocycles. The van der Waals surface area contributed by atoms with Crippen LogP contribution in [0, 0.1) is 0 Å². The molecule has 168 valence electrons. The lowest BCUT2D eigenvalue weighted by Gasteiger charge is -2.17. The lowest BCUT2D eigenvalue weighted by molar-refractivity contribution is 0.200. The van der Waals surface area contributed by atoms with E-state index in [9.17, 15) is 0 Å². The van der Waals surface area contributed by atoms with E-state index >= 15 is 0 Å². The largest absolute Gasteiger partial charge is 0.493 e. The molecule has 0 spiro atoms. The summed E-state index contributed by atoms with van der Waals surface area (Å²) in [4.78, 5) is 8.84. The fourth-order valence-electron chi connectivity index (χ4n) is 3.79. The van der Waals surface area contributed by atoms with Gasteiger partial charge in [0.05, 0.1) is 25.5 Å². The van der Waals surface area contributed by atoms with E-state index in [1.807, 2.05) is 48.5 Å². The Labute approximate surface area is 188 Å². The monoisotopic (exact) mass is 434 g/mol. The lowest BCUT2D eigenvalue weighted by atomic mass is 10.2. The fourth-order valence-corrected chi connectivity index (χ4v) is 3.79. The summed E-state index contributed by atoms with van der Waals surface area (Å²) in [6, 6.07) is 15.9. The number of hydrogen-bond donors (Lipinski definition) is 2. The molecule has 2 N–H and O–H groups in total. The van der Waals surface area contributed by atoms with Crippen molar-refractivity contribution in [3.8, 4) is 23.0 Å². The number of rotatable bonds is 8. The molecule has 1 aliphatic carbocycles. The highest BCUT2D eigenvalue weighted by Crippen LogP contribution is 2.32. The van der Waals surface area contributed by atoms with Crippen molar-refractivity contribution in [2.45, 2.75) is 44.9 Å². The molecular weight excluding hydrogens is 404 g/mol. The minimum atomic E-state index is 0.282. The Hall–Kier alpha value is -3.48. The number of nitrogens with zero attached hydrogens (tertiary/aromatic N) is 2. The number of aromatic nitrogens is 1. The van der Waals surface area contributed by atoms with Gasteiger partial charge in [-0.15, -0.1) is 0 Å². The van der Waals surface area contributed by atoms with Crippen LogP contribution < -0.4 is 20.1 Å². The van der Waals surface area contributed by atoms with E-state index in [1.54, 1.807) is 20.4 Å². The normalized spacial score (nSPS) is 14.4. The molecule has 4 rings (SSSR count). The number of ether oxygens (including phenoxy) is 2. The molecule has 1 aromatic heterocycles. The second kappa shape index (κ2) is 10.7. The highest BCUT2D eigenvalue weighted by Gasteiger charge is 2.18. The van der Waals surface area contributed by atoms with E-state index in [2.05, 4.69) is 20.6 Å². The van der Waals surface area contributed by atoms with Gasteiger partial charge in [0, 0.05) is 19.2 Å². The van der Waals surface area contributed by atoms with Crippen LogP contribution in [0.15, 0.2) is 64.2 Å². The SMILES string of the molecule is CN=C(NCc1ccc(OC)c(OC2CCCC2)c1)NCc1coc(-c2ccccc2)n1. The molecule has 0 saturated heterocycles. The molecule has 0 atom stereocenters. The molecule has 7 nitrogen and oxygen atoms in total. The number of guanidine groups is 1. The molecule has 0 radical (unpaired) electrons. The third kappa shape index (κ3) is 5.60. The highest BCUT2D eigenvalue weighted by atomic mass is 16.5. The van der Waals surface area contributed by atoms with Crippen LogP contribution in [0.2, 0.25) is 0 Å². The van der Waals surface area contributed by atoms with E-state index in [0.29, 0.717) is 24.9 Å². The predicted octanol–water partition coefficient (Wildman–Crippen LogP) is 4.54. The molecule has 0 aliphatic heterocycles. The number of nitrogens with one attached hydrogen (secondary N) is 2. The molecule has 0 bridgehead atoms. The zero-order valence-corrected chi connectivity index (χ0v) is 18.6. The number of hydrogen-bond acceptors (Lipinski definition) is 5. The van der Waals surface area contributed by atoms with E-state index in [4.69, 9.17) is 13.9 Å². The predicted molar refractivity (Wildman–Crippen MR) is 125 cm³/mol. The highest BCUT2D eigenvalue weighted by molar-refractivity contribution is 5.79. The molecule has 0 unspecified atom stereocenters. The first-order chi connectivity index (χ1) is 15.7. The second-order valence-electron chi connectivity index (χ2n) is 7.80. The minimum Gasteiger partial charge on any atom is -0.493 e. The molecule has 2 aromatic carbocycles. The van der Waals surface area contributed by atoms with Crippen molar-refractivity contribution in [3.63, 3.8) is 0 Å². The summed E-state index contributed by atoms with van der Waals surface area (Å²) < 4.78 is 17.3. The Morgan fingerprint density at radius 1 is 1.06 bits per heavy atom. The van der Waals surface area contributed by atoms with Crippen LogP contribution in [-0.4, -0.2) is 31.2 Å². The summed E-state index contributed by atoms with van der Waals surface area (Å²) in [5, 5.41) is 6.61. The van der Waals surface area contributed by atoms with Gasteiger partial charge in [-0.25, -0.2) is 4.98 Å². The Balaban J connectivity index is 1.32. The Kier molecular flexibility index (Phi) is 7.27. The number of aliphatic imine (C=N–C) groups is 1. The lowest BCUT2D eigenvalue weighted by Crippen LogP contribution is -2.36. The van der Waals surface area contributed by atoms with Crippen LogP contribution in [0.4, 0.5) is 0 Å². The summed E-state index contributed by atoms with van der Waals surface area (Å²) in [6.07, 6.45) is 6.62. The molecule has 1 heterocycles. The first kappa shape index (κ1) is 21.7. The van der Waals surface area contributed by atoms with Gasteiger partial charge < -0.3 is 24.5 Å². The van der Waals surface area contributed by atoms with Gasteiger partial charge in [-0.1, -0.05) is 24.3 Å². The van der Waals surface area contributed by atoms with Gasteiger partial charge >= 0.3 is 0 Å². The Morgan fingerprint density at radius 2 is 1.84 bits per heavy atom. The summed E-state index contributed by atoms with van der Waals surface area (Å²) in [5.74, 6) is 2.86. The van der Waals surface area contributed by atoms with Gasteiger partial charge in [0.1, 0.15) is 6.26 Å². The summed E-state index contributed by atoms with van der Waals surface area (Å²) in [6.45, 7) is 1.12. The molecule has 7 heteroatoms. The van der Waals surface area contributed by atoms with Gasteiger partial charge in [-0.3, -0.25) is 4.99 Å². The van der Waals surface area contributed by atoms with Gasteiger partial charge in [-0.2, -0.15) is 0 Å². The van der Waals surface area contributed by atoms with Crippen molar-refractivity contribution < 1.29 is 13.9 Å². The zero-order chi connectivity index (χ0) is 22.2. The van der Waals surface area contributed by atoms with E-state index in [-0.39, 0.29) is 6.10 Å². The molecule has 1 fully saturated rings. The average Bonchev–Trinajstić information content (AvgIpc) is 3.52. The smallest absolute Gasteiger partial charge is 0.226 e. The topological polar surface area (TPSA) is 80.9 Å². The third-order valence-electron chi connectivity index (χ3n) is 5.52. The Bertz CT molecular complexity index is 1030. The van der Waals surface area contributed by atoms with Crippen LogP contribution >= 0.6 is 0 Å². The maximum absolute atomic E-state index is 6.20. The van der Waals surface area contributed by atoms with Crippen LogP contribution in [0.5, 0.6) is 11.5 Å². The van der Waals surface area contributed by atoms with Gasteiger partial charge in [0.15, 0.2) is 17.5 Å². The van der Waals surface area contributed by atoms with Crippen molar-refractivity contribution in [1.29, 1.82) is 0 Å². The zero-order valence-electron chi connectivity index (χ0n) is 18.6. The first-order valence-corrected chi connectivity index (χ1v) is 11.0. The van der Waals surface area contributed by atoms with Crippen molar-refractivity contribution in [3.05, 3.63) is 66.1 Å². The van der Waals surface area contributed by atoms with Gasteiger partial charge in [0.25, 0.3) is 0 Å². The van der Waals surface area contributed by atoms with Crippen molar-refractivity contribution in [2.75, 3.05) is 14.2 Å². The first-order valence-electron chi connectivity index (χ1n) is 11.0. The Morgan fingerprint density at radius 3 is 2.59 bits per heavy atom. The van der Waals surface area contributed by atoms with Gasteiger partial charge in [0.2, 0.25) is 5.89 Å². The number of oxazole rings is 1. The average molecular weight is 435 g/mol. The molecule has 32 heavy (non-hydrogen) atoms. The standard InChI is InChI=1S/C25H30N4O3/c1-26-25(28-16-20-17-31-24(29-20)19-8-4-3-5-9-19)27-15-18-12-13-22(30-2)23(14-18)32-21-10-6-7-11-21/h3-5,8-9,12-14,17,21H,6-7,10-11,15-16H2,1-2H3,(H2,26,27,28). The molecule has 1 aliphatic rings. The maximum Gasteiger partial charge on any atom is 0.226 e. The molecular formula is C25H30N4O3. The third-order valence-corrected chi connectivity index (χ3v) is 5.52. The minimum absolute atomic E-state index is 0.282. The van der Waals surface area contributed by atoms with Gasteiger partial charge in [-0.05, 0) is 55.5 Å². The molecule has 3 aromatic rings. The number of methoxy groups -OCH3 is 1. The van der Waals surface area contributed by atoms with E-state index < -0.39 is 0 Å². The van der Waals surface area contributed by atoms with Crippen molar-refractivity contribution >= 4 is 5.96 Å². The fraction of sp³-hybridized carbons (Fsp3) is 0.360. The van der Waals surface area contributed by atoms with Crippen molar-refractivity contribution in [1.82, 2.24) is 15.6 Å². The van der Waals surface area contributed by atoms with E-state index in [0.717, 1.165) is 41.2 Å². The summed E-state index contributed by atoms with van der Waals surface area (Å²) >= 11 is 0. The van der Waals surface area contributed by atoms with Crippen molar-refractivity contribution in [2.24, 2.45) is 4.99 Å². The van der Waals surface area contributed by atoms with Crippen LogP contribution in [0.1, 0.15) is 36.9 Å².